The van der Waals surface area contributed by atoms with Gasteiger partial charge >= 0.3 is 0 Å². The summed E-state index contributed by atoms with van der Waals surface area (Å²) in [5, 5.41) is 9.74. The van der Waals surface area contributed by atoms with Crippen molar-refractivity contribution in [1.29, 1.82) is 0 Å². The number of rotatable bonds is 8. The van der Waals surface area contributed by atoms with E-state index in [0.29, 0.717) is 44.0 Å². The highest BCUT2D eigenvalue weighted by atomic mass is 16.5. The van der Waals surface area contributed by atoms with Gasteiger partial charge in [0.2, 0.25) is 11.8 Å². The lowest BCUT2D eigenvalue weighted by Gasteiger charge is -2.38. The largest absolute Gasteiger partial charge is 0.494 e. The Labute approximate surface area is 258 Å². The van der Waals surface area contributed by atoms with Crippen LogP contribution in [-0.2, 0) is 19.1 Å². The SMILES string of the molecule is CCOc1ccc(N2CC=C[C@]3(CC)O[C@]45C=CCN(c6c(C)cccc6C)C(=O)C4N(CCCO)C(=O)[C@@H]5[C@@H]3C2=O)cc1. The van der Waals surface area contributed by atoms with Crippen molar-refractivity contribution in [3.8, 4) is 5.75 Å². The van der Waals surface area contributed by atoms with Crippen LogP contribution in [0.5, 0.6) is 5.75 Å². The minimum atomic E-state index is -1.35. The fraction of sp³-hybridized carbons (Fsp3) is 0.457. The summed E-state index contributed by atoms with van der Waals surface area (Å²) in [5.41, 5.74) is 1.000. The van der Waals surface area contributed by atoms with Crippen LogP contribution >= 0.6 is 0 Å². The van der Waals surface area contributed by atoms with Crippen molar-refractivity contribution in [3.63, 3.8) is 0 Å². The lowest BCUT2D eigenvalue weighted by Crippen LogP contribution is -2.56. The average Bonchev–Trinajstić information content (AvgIpc) is 3.30. The molecule has 0 aliphatic carbocycles. The monoisotopic (exact) mass is 599 g/mol. The molecule has 4 heterocycles. The summed E-state index contributed by atoms with van der Waals surface area (Å²) in [6.07, 6.45) is 8.41. The van der Waals surface area contributed by atoms with Crippen LogP contribution in [0, 0.1) is 25.7 Å². The third-order valence-corrected chi connectivity index (χ3v) is 9.67. The van der Waals surface area contributed by atoms with Crippen molar-refractivity contribution < 1.29 is 29.0 Å². The summed E-state index contributed by atoms with van der Waals surface area (Å²) in [5.74, 6) is -1.80. The molecule has 1 N–H and O–H groups in total. The predicted molar refractivity (Wildman–Crippen MR) is 168 cm³/mol. The molecule has 6 rings (SSSR count). The Morgan fingerprint density at radius 1 is 0.886 bits per heavy atom. The van der Waals surface area contributed by atoms with Gasteiger partial charge in [-0.15, -0.1) is 0 Å². The van der Waals surface area contributed by atoms with Gasteiger partial charge in [0, 0.05) is 37.6 Å². The van der Waals surface area contributed by atoms with Crippen LogP contribution < -0.4 is 14.5 Å². The highest BCUT2D eigenvalue weighted by molar-refractivity contribution is 6.08. The number of likely N-dealkylation sites (tertiary alicyclic amines) is 1. The number of carbonyl (C=O) groups is 3. The molecular formula is C35H41N3O6. The fourth-order valence-electron chi connectivity index (χ4n) is 7.79. The van der Waals surface area contributed by atoms with Gasteiger partial charge in [-0.05, 0) is 69.0 Å². The van der Waals surface area contributed by atoms with Gasteiger partial charge in [0.05, 0.1) is 24.0 Å². The minimum absolute atomic E-state index is 0.130. The van der Waals surface area contributed by atoms with Crippen molar-refractivity contribution in [2.45, 2.75) is 57.8 Å². The van der Waals surface area contributed by atoms with E-state index in [1.165, 1.54) is 0 Å². The normalized spacial score (nSPS) is 29.4. The molecule has 4 aliphatic rings. The van der Waals surface area contributed by atoms with Crippen molar-refractivity contribution in [1.82, 2.24) is 4.90 Å². The molecule has 4 aliphatic heterocycles. The topological polar surface area (TPSA) is 99.6 Å². The number of para-hydroxylation sites is 1. The molecule has 2 aromatic rings. The second kappa shape index (κ2) is 11.5. The Bertz CT molecular complexity index is 1500. The first-order valence-electron chi connectivity index (χ1n) is 15.6. The molecule has 1 spiro atoms. The molecule has 2 aromatic carbocycles. The highest BCUT2D eigenvalue weighted by Crippen LogP contribution is 2.59. The second-order valence-electron chi connectivity index (χ2n) is 12.1. The smallest absolute Gasteiger partial charge is 0.253 e. The molecule has 5 atom stereocenters. The standard InChI is InChI=1S/C35H41N3O6/c1-5-34-17-8-19-36(25-13-15-26(16-14-25)43-6-2)31(40)27(34)28-32(41)38(21-10-22-39)30-33(42)37(20-9-18-35(28,30)44-34)29-23(3)11-7-12-24(29)4/h7-9,11-18,27-28,30,39H,5-6,10,19-22H2,1-4H3/t27-,28+,30?,34+,35+/m1/s1. The average molecular weight is 600 g/mol. The van der Waals surface area contributed by atoms with Crippen molar-refractivity contribution in [2.24, 2.45) is 11.8 Å². The first-order valence-corrected chi connectivity index (χ1v) is 15.6. The third-order valence-electron chi connectivity index (χ3n) is 9.67. The quantitative estimate of drug-likeness (QED) is 0.462. The molecule has 2 saturated heterocycles. The molecular weight excluding hydrogens is 558 g/mol. The van der Waals surface area contributed by atoms with Gasteiger partial charge in [-0.25, -0.2) is 0 Å². The highest BCUT2D eigenvalue weighted by Gasteiger charge is 2.75. The fourth-order valence-corrected chi connectivity index (χ4v) is 7.79. The van der Waals surface area contributed by atoms with Crippen LogP contribution in [0.15, 0.2) is 66.8 Å². The van der Waals surface area contributed by atoms with E-state index in [1.807, 2.05) is 94.5 Å². The van der Waals surface area contributed by atoms with Gasteiger partial charge in [-0.1, -0.05) is 49.4 Å². The predicted octanol–water partition coefficient (Wildman–Crippen LogP) is 3.95. The Balaban J connectivity index is 1.46. The number of nitrogens with zero attached hydrogens (tertiary/aromatic N) is 3. The number of hydrogen-bond donors (Lipinski definition) is 1. The first-order chi connectivity index (χ1) is 21.2. The molecule has 0 saturated carbocycles. The molecule has 232 valence electrons. The summed E-state index contributed by atoms with van der Waals surface area (Å²) < 4.78 is 12.7. The summed E-state index contributed by atoms with van der Waals surface area (Å²) in [6.45, 7) is 9.06. The molecule has 0 bridgehead atoms. The lowest BCUT2D eigenvalue weighted by atomic mass is 9.73. The number of aryl methyl sites for hydroxylation is 2. The van der Waals surface area contributed by atoms with Crippen LogP contribution in [0.2, 0.25) is 0 Å². The van der Waals surface area contributed by atoms with Gasteiger partial charge in [0.15, 0.2) is 0 Å². The number of amides is 3. The second-order valence-corrected chi connectivity index (χ2v) is 12.1. The molecule has 3 amide bonds. The summed E-state index contributed by atoms with van der Waals surface area (Å²) in [7, 11) is 0. The van der Waals surface area contributed by atoms with Crippen LogP contribution in [0.4, 0.5) is 11.4 Å². The maximum Gasteiger partial charge on any atom is 0.253 e. The van der Waals surface area contributed by atoms with Gasteiger partial charge < -0.3 is 29.3 Å². The Morgan fingerprint density at radius 2 is 1.57 bits per heavy atom. The number of carbonyl (C=O) groups excluding carboxylic acids is 3. The number of anilines is 2. The van der Waals surface area contributed by atoms with E-state index in [2.05, 4.69) is 0 Å². The molecule has 0 radical (unpaired) electrons. The summed E-state index contributed by atoms with van der Waals surface area (Å²) in [4.78, 5) is 49.0. The zero-order valence-electron chi connectivity index (χ0n) is 25.9. The number of fused-ring (bicyclic) bond motifs is 2. The number of hydrogen-bond acceptors (Lipinski definition) is 6. The Hall–Kier alpha value is -3.95. The van der Waals surface area contributed by atoms with E-state index >= 15 is 0 Å². The van der Waals surface area contributed by atoms with E-state index in [-0.39, 0.29) is 30.9 Å². The number of benzene rings is 2. The van der Waals surface area contributed by atoms with Crippen LogP contribution in [0.25, 0.3) is 0 Å². The zero-order valence-corrected chi connectivity index (χ0v) is 25.9. The van der Waals surface area contributed by atoms with Crippen LogP contribution in [0.3, 0.4) is 0 Å². The molecule has 9 nitrogen and oxygen atoms in total. The number of aliphatic hydroxyl groups excluding tert-OH is 1. The van der Waals surface area contributed by atoms with Gasteiger partial charge in [0.25, 0.3) is 5.91 Å². The Kier molecular flexibility index (Phi) is 7.88. The van der Waals surface area contributed by atoms with Crippen LogP contribution in [0.1, 0.15) is 37.8 Å². The van der Waals surface area contributed by atoms with E-state index in [4.69, 9.17) is 9.47 Å². The maximum absolute atomic E-state index is 14.7. The zero-order chi connectivity index (χ0) is 31.2. The van der Waals surface area contributed by atoms with Crippen molar-refractivity contribution >= 4 is 29.1 Å². The van der Waals surface area contributed by atoms with Crippen molar-refractivity contribution in [2.75, 3.05) is 42.6 Å². The van der Waals surface area contributed by atoms with E-state index in [1.54, 1.807) is 14.7 Å². The first kappa shape index (κ1) is 30.1. The Morgan fingerprint density at radius 3 is 2.23 bits per heavy atom. The molecule has 9 heteroatoms. The number of aliphatic hydroxyl groups is 1. The van der Waals surface area contributed by atoms with Gasteiger partial charge in [-0.3, -0.25) is 14.4 Å². The van der Waals surface area contributed by atoms with Gasteiger partial charge in [-0.2, -0.15) is 0 Å². The molecule has 1 unspecified atom stereocenters. The van der Waals surface area contributed by atoms with E-state index in [0.717, 1.165) is 16.8 Å². The van der Waals surface area contributed by atoms with E-state index in [9.17, 15) is 19.5 Å². The van der Waals surface area contributed by atoms with Crippen LogP contribution in [-0.4, -0.2) is 77.8 Å². The summed E-state index contributed by atoms with van der Waals surface area (Å²) >= 11 is 0. The lowest BCUT2D eigenvalue weighted by molar-refractivity contribution is -0.145. The number of ether oxygens (including phenoxy) is 2. The summed E-state index contributed by atoms with van der Waals surface area (Å²) in [6, 6.07) is 12.3. The van der Waals surface area contributed by atoms with E-state index < -0.39 is 29.1 Å². The molecule has 44 heavy (non-hydrogen) atoms. The minimum Gasteiger partial charge on any atom is -0.494 e. The maximum atomic E-state index is 14.7. The third kappa shape index (κ3) is 4.47. The van der Waals surface area contributed by atoms with Gasteiger partial charge in [0.1, 0.15) is 17.4 Å². The molecule has 2 fully saturated rings. The molecule has 0 aromatic heterocycles. The van der Waals surface area contributed by atoms with Crippen molar-refractivity contribution in [3.05, 3.63) is 77.9 Å².